The van der Waals surface area contributed by atoms with Gasteiger partial charge >= 0.3 is 6.01 Å². The molecule has 0 atom stereocenters. The van der Waals surface area contributed by atoms with Gasteiger partial charge in [0.05, 0.1) is 6.54 Å². The second-order valence-electron chi connectivity index (χ2n) is 6.07. The fourth-order valence-corrected chi connectivity index (χ4v) is 2.96. The lowest BCUT2D eigenvalue weighted by atomic mass is 9.83. The monoisotopic (exact) mass is 264 g/mol. The number of nitrogens with one attached hydrogen (secondary N) is 2. The molecule has 19 heavy (non-hydrogen) atoms. The third-order valence-corrected chi connectivity index (χ3v) is 4.61. The minimum atomic E-state index is 0.445. The summed E-state index contributed by atoms with van der Waals surface area (Å²) in [6.07, 6.45) is 9.13. The van der Waals surface area contributed by atoms with Crippen LogP contribution >= 0.6 is 0 Å². The lowest BCUT2D eigenvalue weighted by Crippen LogP contribution is -2.26. The Labute approximate surface area is 114 Å². The standard InChI is InChI=1S/C14H24N4O/c1-2-14(7-3-4-8-14)10-16-13-18-17-12(19-13)9-15-11-5-6-11/h11,15H,2-10H2,1H3,(H,16,18). The minimum Gasteiger partial charge on any atom is -0.407 e. The lowest BCUT2D eigenvalue weighted by Gasteiger charge is -2.26. The summed E-state index contributed by atoms with van der Waals surface area (Å²) in [5.74, 6) is 0.686. The molecule has 1 heterocycles. The maximum absolute atomic E-state index is 5.62. The molecule has 2 fully saturated rings. The molecule has 2 N–H and O–H groups in total. The molecule has 5 heteroatoms. The van der Waals surface area contributed by atoms with Gasteiger partial charge in [-0.3, -0.25) is 0 Å². The van der Waals surface area contributed by atoms with Crippen LogP contribution in [-0.4, -0.2) is 22.8 Å². The van der Waals surface area contributed by atoms with Crippen LogP contribution in [0, 0.1) is 5.41 Å². The first kappa shape index (κ1) is 12.9. The summed E-state index contributed by atoms with van der Waals surface area (Å²) >= 11 is 0. The molecule has 2 saturated carbocycles. The zero-order chi connectivity index (χ0) is 13.1. The summed E-state index contributed by atoms with van der Waals surface area (Å²) in [4.78, 5) is 0. The number of anilines is 1. The smallest absolute Gasteiger partial charge is 0.315 e. The summed E-state index contributed by atoms with van der Waals surface area (Å²) in [5.41, 5.74) is 0.445. The van der Waals surface area contributed by atoms with Gasteiger partial charge in [0.2, 0.25) is 5.89 Å². The Bertz CT molecular complexity index is 407. The molecule has 0 saturated heterocycles. The molecule has 0 unspecified atom stereocenters. The highest BCUT2D eigenvalue weighted by molar-refractivity contribution is 5.18. The van der Waals surface area contributed by atoms with Crippen LogP contribution in [0.25, 0.3) is 0 Å². The van der Waals surface area contributed by atoms with E-state index in [1.165, 1.54) is 44.9 Å². The highest BCUT2D eigenvalue weighted by Crippen LogP contribution is 2.40. The average Bonchev–Trinajstić information content (AvgIpc) is 2.97. The van der Waals surface area contributed by atoms with Crippen molar-refractivity contribution in [2.75, 3.05) is 11.9 Å². The Morgan fingerprint density at radius 3 is 2.74 bits per heavy atom. The molecule has 1 aromatic heterocycles. The highest BCUT2D eigenvalue weighted by Gasteiger charge is 2.32. The van der Waals surface area contributed by atoms with Gasteiger partial charge in [0.25, 0.3) is 0 Å². The lowest BCUT2D eigenvalue weighted by molar-refractivity contribution is 0.303. The Balaban J connectivity index is 1.48. The first-order valence-corrected chi connectivity index (χ1v) is 7.59. The van der Waals surface area contributed by atoms with E-state index in [0.29, 0.717) is 29.9 Å². The highest BCUT2D eigenvalue weighted by atomic mass is 16.4. The molecular weight excluding hydrogens is 240 g/mol. The second-order valence-corrected chi connectivity index (χ2v) is 6.07. The quantitative estimate of drug-likeness (QED) is 0.793. The Morgan fingerprint density at radius 2 is 2.05 bits per heavy atom. The molecule has 0 radical (unpaired) electrons. The van der Waals surface area contributed by atoms with Crippen molar-refractivity contribution in [2.45, 2.75) is 64.5 Å². The fourth-order valence-electron chi connectivity index (χ4n) is 2.96. The van der Waals surface area contributed by atoms with E-state index in [1.807, 2.05) is 0 Å². The number of aromatic nitrogens is 2. The van der Waals surface area contributed by atoms with Crippen molar-refractivity contribution >= 4 is 6.01 Å². The van der Waals surface area contributed by atoms with Gasteiger partial charge in [-0.2, -0.15) is 0 Å². The van der Waals surface area contributed by atoms with E-state index in [0.717, 1.165) is 6.54 Å². The van der Waals surface area contributed by atoms with Crippen LogP contribution < -0.4 is 10.6 Å². The number of nitrogens with zero attached hydrogens (tertiary/aromatic N) is 2. The van der Waals surface area contributed by atoms with E-state index < -0.39 is 0 Å². The maximum atomic E-state index is 5.62. The zero-order valence-electron chi connectivity index (χ0n) is 11.7. The van der Waals surface area contributed by atoms with E-state index in [-0.39, 0.29) is 0 Å². The van der Waals surface area contributed by atoms with Gasteiger partial charge in [0.1, 0.15) is 0 Å². The summed E-state index contributed by atoms with van der Waals surface area (Å²) in [6, 6.07) is 1.25. The largest absolute Gasteiger partial charge is 0.407 e. The predicted molar refractivity (Wildman–Crippen MR) is 73.8 cm³/mol. The van der Waals surface area contributed by atoms with Gasteiger partial charge in [0.15, 0.2) is 0 Å². The summed E-state index contributed by atoms with van der Waals surface area (Å²) in [6.45, 7) is 3.94. The third kappa shape index (κ3) is 3.26. The molecule has 0 bridgehead atoms. The van der Waals surface area contributed by atoms with E-state index in [1.54, 1.807) is 0 Å². The molecule has 0 amide bonds. The molecule has 106 valence electrons. The number of hydrogen-bond acceptors (Lipinski definition) is 5. The van der Waals surface area contributed by atoms with Gasteiger partial charge in [-0.15, -0.1) is 5.10 Å². The van der Waals surface area contributed by atoms with Crippen LogP contribution in [0.2, 0.25) is 0 Å². The summed E-state index contributed by atoms with van der Waals surface area (Å²) in [7, 11) is 0. The van der Waals surface area contributed by atoms with Gasteiger partial charge < -0.3 is 15.1 Å². The Kier molecular flexibility index (Phi) is 3.73. The van der Waals surface area contributed by atoms with E-state index >= 15 is 0 Å². The molecule has 2 aliphatic carbocycles. The van der Waals surface area contributed by atoms with Crippen molar-refractivity contribution in [1.29, 1.82) is 0 Å². The molecule has 5 nitrogen and oxygen atoms in total. The summed E-state index contributed by atoms with van der Waals surface area (Å²) < 4.78 is 5.62. The molecule has 0 spiro atoms. The SMILES string of the molecule is CCC1(CNc2nnc(CNC3CC3)o2)CCCC1. The normalized spacial score (nSPS) is 21.7. The van der Waals surface area contributed by atoms with Gasteiger partial charge in [-0.1, -0.05) is 24.9 Å². The van der Waals surface area contributed by atoms with Gasteiger partial charge in [-0.25, -0.2) is 0 Å². The van der Waals surface area contributed by atoms with Crippen LogP contribution in [0.4, 0.5) is 6.01 Å². The zero-order valence-corrected chi connectivity index (χ0v) is 11.7. The first-order valence-electron chi connectivity index (χ1n) is 7.59. The van der Waals surface area contributed by atoms with Gasteiger partial charge in [-0.05, 0) is 37.5 Å². The van der Waals surface area contributed by atoms with Crippen LogP contribution in [-0.2, 0) is 6.54 Å². The fraction of sp³-hybridized carbons (Fsp3) is 0.857. The van der Waals surface area contributed by atoms with Crippen LogP contribution in [0.1, 0.15) is 57.8 Å². The van der Waals surface area contributed by atoms with Crippen LogP contribution in [0.5, 0.6) is 0 Å². The maximum Gasteiger partial charge on any atom is 0.315 e. The van der Waals surface area contributed by atoms with Crippen LogP contribution in [0.3, 0.4) is 0 Å². The second kappa shape index (κ2) is 5.49. The first-order chi connectivity index (χ1) is 9.30. The van der Waals surface area contributed by atoms with Crippen molar-refractivity contribution in [1.82, 2.24) is 15.5 Å². The van der Waals surface area contributed by atoms with Gasteiger partial charge in [0, 0.05) is 12.6 Å². The Hall–Kier alpha value is -1.10. The molecule has 3 rings (SSSR count). The van der Waals surface area contributed by atoms with Crippen molar-refractivity contribution in [3.05, 3.63) is 5.89 Å². The van der Waals surface area contributed by atoms with E-state index in [2.05, 4.69) is 27.8 Å². The average molecular weight is 264 g/mol. The molecule has 2 aliphatic rings. The molecule has 0 aliphatic heterocycles. The predicted octanol–water partition coefficient (Wildman–Crippen LogP) is 2.70. The van der Waals surface area contributed by atoms with Crippen molar-refractivity contribution in [2.24, 2.45) is 5.41 Å². The van der Waals surface area contributed by atoms with Crippen molar-refractivity contribution in [3.63, 3.8) is 0 Å². The molecule has 1 aromatic rings. The van der Waals surface area contributed by atoms with E-state index in [9.17, 15) is 0 Å². The van der Waals surface area contributed by atoms with E-state index in [4.69, 9.17) is 4.42 Å². The molecular formula is C14H24N4O. The molecule has 0 aromatic carbocycles. The number of hydrogen-bond donors (Lipinski definition) is 2. The van der Waals surface area contributed by atoms with Crippen molar-refractivity contribution in [3.8, 4) is 0 Å². The third-order valence-electron chi connectivity index (χ3n) is 4.61. The van der Waals surface area contributed by atoms with Crippen molar-refractivity contribution < 1.29 is 4.42 Å². The number of rotatable bonds is 7. The topological polar surface area (TPSA) is 63.0 Å². The Morgan fingerprint density at radius 1 is 1.26 bits per heavy atom. The summed E-state index contributed by atoms with van der Waals surface area (Å²) in [5, 5.41) is 14.9. The van der Waals surface area contributed by atoms with Crippen LogP contribution in [0.15, 0.2) is 4.42 Å². The minimum absolute atomic E-state index is 0.445.